The van der Waals surface area contributed by atoms with Gasteiger partial charge < -0.3 is 20.7 Å². The van der Waals surface area contributed by atoms with Crippen molar-refractivity contribution in [3.63, 3.8) is 0 Å². The van der Waals surface area contributed by atoms with Crippen molar-refractivity contribution in [1.29, 1.82) is 0 Å². The second-order valence-corrected chi connectivity index (χ2v) is 8.02. The molecule has 0 saturated carbocycles. The van der Waals surface area contributed by atoms with E-state index in [1.807, 2.05) is 0 Å². The minimum absolute atomic E-state index is 0.00553. The molecule has 0 spiro atoms. The molecule has 1 amide bonds. The van der Waals surface area contributed by atoms with Gasteiger partial charge in [0.2, 0.25) is 0 Å². The number of carbonyl (C=O) groups is 1. The monoisotopic (exact) mass is 449 g/mol. The molecule has 1 fully saturated rings. The van der Waals surface area contributed by atoms with Gasteiger partial charge in [-0.25, -0.2) is 18.7 Å². The van der Waals surface area contributed by atoms with Gasteiger partial charge in [-0.05, 0) is 32.0 Å². The highest BCUT2D eigenvalue weighted by Gasteiger charge is 2.31. The molecule has 2 aliphatic heterocycles. The SMILES string of the molecule is Cc1nc(C2=C(N)CN(C(=O)c3ccc(F)cc3OCC3NCCC3F)C2)ncc1Cl. The fourth-order valence-electron chi connectivity index (χ4n) is 3.65. The average molecular weight is 450 g/mol. The van der Waals surface area contributed by atoms with Gasteiger partial charge in [-0.2, -0.15) is 0 Å². The molecule has 7 nitrogen and oxygen atoms in total. The molecule has 31 heavy (non-hydrogen) atoms. The Hall–Kier alpha value is -2.78. The standard InChI is InChI=1S/C21H22ClF2N5O2/c1-11-15(22)7-27-20(28-11)14-8-29(9-17(14)25)21(30)13-3-2-12(23)6-19(13)31-10-18-16(24)4-5-26-18/h2-3,6-7,16,18,26H,4-5,8-10,25H2,1H3. The maximum Gasteiger partial charge on any atom is 0.258 e. The molecule has 1 aromatic carbocycles. The molecule has 2 aromatic rings. The maximum absolute atomic E-state index is 13.8. The second kappa shape index (κ2) is 8.76. The Morgan fingerprint density at radius 1 is 1.42 bits per heavy atom. The second-order valence-electron chi connectivity index (χ2n) is 7.61. The third-order valence-electron chi connectivity index (χ3n) is 5.43. The van der Waals surface area contributed by atoms with Crippen LogP contribution in [-0.4, -0.2) is 59.2 Å². The highest BCUT2D eigenvalue weighted by molar-refractivity contribution is 6.31. The first-order valence-electron chi connectivity index (χ1n) is 9.89. The largest absolute Gasteiger partial charge is 0.491 e. The maximum atomic E-state index is 13.8. The number of aromatic nitrogens is 2. The number of carbonyl (C=O) groups excluding carboxylic acids is 1. The van der Waals surface area contributed by atoms with E-state index in [-0.39, 0.29) is 36.9 Å². The fourth-order valence-corrected chi connectivity index (χ4v) is 3.74. The van der Waals surface area contributed by atoms with Gasteiger partial charge in [0.25, 0.3) is 5.91 Å². The number of alkyl halides is 1. The Labute approximate surface area is 183 Å². The normalized spacial score (nSPS) is 21.1. The van der Waals surface area contributed by atoms with Crippen LogP contribution in [0.25, 0.3) is 5.57 Å². The zero-order chi connectivity index (χ0) is 22.1. The lowest BCUT2D eigenvalue weighted by Crippen LogP contribution is -2.35. The van der Waals surface area contributed by atoms with E-state index < -0.39 is 18.0 Å². The van der Waals surface area contributed by atoms with Crippen molar-refractivity contribution < 1.29 is 18.3 Å². The average Bonchev–Trinajstić information content (AvgIpc) is 3.33. The van der Waals surface area contributed by atoms with E-state index in [9.17, 15) is 13.6 Å². The van der Waals surface area contributed by atoms with E-state index in [4.69, 9.17) is 22.1 Å². The Balaban J connectivity index is 1.51. The molecular weight excluding hydrogens is 428 g/mol. The third kappa shape index (κ3) is 4.47. The summed E-state index contributed by atoms with van der Waals surface area (Å²) in [6.45, 7) is 2.67. The quantitative estimate of drug-likeness (QED) is 0.728. The van der Waals surface area contributed by atoms with Crippen LogP contribution in [0.15, 0.2) is 30.1 Å². The molecule has 2 aliphatic rings. The molecule has 0 bridgehead atoms. The van der Waals surface area contributed by atoms with E-state index in [2.05, 4.69) is 15.3 Å². The van der Waals surface area contributed by atoms with E-state index >= 15 is 0 Å². The molecule has 0 aliphatic carbocycles. The van der Waals surface area contributed by atoms with Crippen molar-refractivity contribution in [2.75, 3.05) is 26.2 Å². The summed E-state index contributed by atoms with van der Waals surface area (Å²) in [7, 11) is 0. The number of rotatable bonds is 5. The van der Waals surface area contributed by atoms with Gasteiger partial charge in [-0.1, -0.05) is 11.6 Å². The van der Waals surface area contributed by atoms with Crippen molar-refractivity contribution in [2.24, 2.45) is 5.73 Å². The molecule has 3 heterocycles. The Morgan fingerprint density at radius 2 is 2.23 bits per heavy atom. The molecule has 10 heteroatoms. The highest BCUT2D eigenvalue weighted by atomic mass is 35.5. The summed E-state index contributed by atoms with van der Waals surface area (Å²) in [5.41, 5.74) is 8.04. The highest BCUT2D eigenvalue weighted by Crippen LogP contribution is 2.28. The predicted molar refractivity (Wildman–Crippen MR) is 112 cm³/mol. The third-order valence-corrected chi connectivity index (χ3v) is 5.80. The smallest absolute Gasteiger partial charge is 0.258 e. The van der Waals surface area contributed by atoms with Gasteiger partial charge in [-0.15, -0.1) is 0 Å². The summed E-state index contributed by atoms with van der Waals surface area (Å²) in [5, 5.41) is 3.44. The fraction of sp³-hybridized carbons (Fsp3) is 0.381. The van der Waals surface area contributed by atoms with Crippen molar-refractivity contribution in [1.82, 2.24) is 20.2 Å². The van der Waals surface area contributed by atoms with Crippen LogP contribution in [0, 0.1) is 12.7 Å². The van der Waals surface area contributed by atoms with Crippen LogP contribution >= 0.6 is 11.6 Å². The van der Waals surface area contributed by atoms with Crippen LogP contribution in [0.2, 0.25) is 5.02 Å². The molecule has 2 atom stereocenters. The number of halogens is 3. The Bertz CT molecular complexity index is 1050. The summed E-state index contributed by atoms with van der Waals surface area (Å²) in [6, 6.07) is 3.19. The van der Waals surface area contributed by atoms with Gasteiger partial charge in [0, 0.05) is 23.5 Å². The van der Waals surface area contributed by atoms with Gasteiger partial charge >= 0.3 is 0 Å². The van der Waals surface area contributed by atoms with Crippen molar-refractivity contribution in [3.05, 3.63) is 58.0 Å². The number of ether oxygens (including phenoxy) is 1. The first-order valence-corrected chi connectivity index (χ1v) is 10.3. The summed E-state index contributed by atoms with van der Waals surface area (Å²) < 4.78 is 33.3. The topological polar surface area (TPSA) is 93.4 Å². The van der Waals surface area contributed by atoms with Gasteiger partial charge in [0.05, 0.1) is 35.4 Å². The number of hydrogen-bond donors (Lipinski definition) is 2. The first-order chi connectivity index (χ1) is 14.8. The molecule has 3 N–H and O–H groups in total. The van der Waals surface area contributed by atoms with Crippen LogP contribution in [0.3, 0.4) is 0 Å². The van der Waals surface area contributed by atoms with Crippen LogP contribution in [0.4, 0.5) is 8.78 Å². The molecule has 2 unspecified atom stereocenters. The lowest BCUT2D eigenvalue weighted by Gasteiger charge is -2.20. The Morgan fingerprint density at radius 3 is 2.94 bits per heavy atom. The zero-order valence-corrected chi connectivity index (χ0v) is 17.6. The predicted octanol–water partition coefficient (Wildman–Crippen LogP) is 2.48. The van der Waals surface area contributed by atoms with Crippen LogP contribution in [0.5, 0.6) is 5.75 Å². The molecule has 164 valence electrons. The van der Waals surface area contributed by atoms with Crippen molar-refractivity contribution >= 4 is 23.1 Å². The number of nitrogens with zero attached hydrogens (tertiary/aromatic N) is 3. The summed E-state index contributed by atoms with van der Waals surface area (Å²) in [5.74, 6) is -0.453. The van der Waals surface area contributed by atoms with Crippen LogP contribution in [-0.2, 0) is 0 Å². The summed E-state index contributed by atoms with van der Waals surface area (Å²) in [6.07, 6.45) is 0.850. The van der Waals surface area contributed by atoms with E-state index in [1.165, 1.54) is 23.2 Å². The number of nitrogens with one attached hydrogen (secondary N) is 1. The first kappa shape index (κ1) is 21.5. The molecule has 1 aromatic heterocycles. The van der Waals surface area contributed by atoms with E-state index in [0.29, 0.717) is 40.8 Å². The molecule has 4 rings (SSSR count). The lowest BCUT2D eigenvalue weighted by atomic mass is 10.1. The van der Waals surface area contributed by atoms with Gasteiger partial charge in [0.1, 0.15) is 24.3 Å². The summed E-state index contributed by atoms with van der Waals surface area (Å²) in [4.78, 5) is 23.2. The van der Waals surface area contributed by atoms with Gasteiger partial charge in [-0.3, -0.25) is 4.79 Å². The molecular formula is C21H22ClF2N5O2. The van der Waals surface area contributed by atoms with Crippen molar-refractivity contribution in [3.8, 4) is 5.75 Å². The molecule has 1 saturated heterocycles. The minimum Gasteiger partial charge on any atom is -0.491 e. The number of aryl methyl sites for hydroxylation is 1. The van der Waals surface area contributed by atoms with Gasteiger partial charge in [0.15, 0.2) is 5.82 Å². The van der Waals surface area contributed by atoms with Crippen molar-refractivity contribution in [2.45, 2.75) is 25.6 Å². The van der Waals surface area contributed by atoms with E-state index in [1.54, 1.807) is 6.92 Å². The minimum atomic E-state index is -1.04. The molecule has 0 radical (unpaired) electrons. The number of benzene rings is 1. The summed E-state index contributed by atoms with van der Waals surface area (Å²) >= 11 is 5.99. The van der Waals surface area contributed by atoms with Crippen LogP contribution < -0.4 is 15.8 Å². The number of nitrogens with two attached hydrogens (primary N) is 1. The number of hydrogen-bond acceptors (Lipinski definition) is 6. The van der Waals surface area contributed by atoms with Crippen LogP contribution in [0.1, 0.15) is 28.3 Å². The lowest BCUT2D eigenvalue weighted by molar-refractivity contribution is 0.0793. The zero-order valence-electron chi connectivity index (χ0n) is 16.9. The number of amides is 1. The van der Waals surface area contributed by atoms with E-state index in [0.717, 1.165) is 6.07 Å². The Kier molecular flexibility index (Phi) is 6.06.